The molecule has 0 spiro atoms. The molecule has 1 atom stereocenters. The molecule has 0 radical (unpaired) electrons. The molecule has 174 valence electrons. The molecule has 4 aromatic rings. The summed E-state index contributed by atoms with van der Waals surface area (Å²) in [5.41, 5.74) is -0.345. The highest BCUT2D eigenvalue weighted by atomic mass is 19.4. The van der Waals surface area contributed by atoms with Gasteiger partial charge in [-0.2, -0.15) is 13.2 Å². The number of fused-ring (bicyclic) bond motifs is 1. The minimum atomic E-state index is -4.74. The first kappa shape index (κ1) is 23.3. The number of pyridine rings is 1. The first-order valence-corrected chi connectivity index (χ1v) is 10.9. The van der Waals surface area contributed by atoms with E-state index >= 15 is 0 Å². The van der Waals surface area contributed by atoms with Crippen LogP contribution in [0.1, 0.15) is 46.6 Å². The van der Waals surface area contributed by atoms with E-state index in [-0.39, 0.29) is 22.0 Å². The van der Waals surface area contributed by atoms with E-state index < -0.39 is 29.2 Å². The molecule has 34 heavy (non-hydrogen) atoms. The summed E-state index contributed by atoms with van der Waals surface area (Å²) in [6, 6.07) is 20.8. The highest BCUT2D eigenvalue weighted by molar-refractivity contribution is 6.09. The highest BCUT2D eigenvalue weighted by Crippen LogP contribution is 2.37. The lowest BCUT2D eigenvalue weighted by molar-refractivity contribution is -0.136. The molecule has 0 aliphatic heterocycles. The van der Waals surface area contributed by atoms with Crippen molar-refractivity contribution in [2.24, 2.45) is 0 Å². The van der Waals surface area contributed by atoms with Crippen LogP contribution in [0.25, 0.3) is 16.5 Å². The van der Waals surface area contributed by atoms with Gasteiger partial charge >= 0.3 is 6.18 Å². The minimum absolute atomic E-state index is 0.140. The number of nitrogens with one attached hydrogen (secondary N) is 1. The maximum absolute atomic E-state index is 14.0. The Morgan fingerprint density at radius 2 is 1.56 bits per heavy atom. The first-order chi connectivity index (χ1) is 16.2. The number of hydrogen-bond donors (Lipinski definition) is 1. The van der Waals surface area contributed by atoms with Gasteiger partial charge in [0, 0.05) is 22.2 Å². The summed E-state index contributed by atoms with van der Waals surface area (Å²) in [4.78, 5) is 27.0. The summed E-state index contributed by atoms with van der Waals surface area (Å²) in [5.74, 6) is -0.667. The Morgan fingerprint density at radius 3 is 2.15 bits per heavy atom. The molecular weight excluding hydrogens is 441 g/mol. The number of carbonyl (C=O) groups excluding carboxylic acids is 1. The summed E-state index contributed by atoms with van der Waals surface area (Å²) in [6.07, 6.45) is -4.20. The van der Waals surface area contributed by atoms with Gasteiger partial charge in [-0.05, 0) is 43.2 Å². The summed E-state index contributed by atoms with van der Waals surface area (Å²) in [6.45, 7) is 3.38. The van der Waals surface area contributed by atoms with E-state index in [1.165, 1.54) is 23.6 Å². The second kappa shape index (κ2) is 9.17. The lowest BCUT2D eigenvalue weighted by Gasteiger charge is -2.22. The van der Waals surface area contributed by atoms with E-state index in [2.05, 4.69) is 5.32 Å². The van der Waals surface area contributed by atoms with Crippen LogP contribution in [0.15, 0.2) is 83.7 Å². The van der Waals surface area contributed by atoms with Crippen LogP contribution in [0.2, 0.25) is 0 Å². The lowest BCUT2D eigenvalue weighted by Crippen LogP contribution is -2.32. The first-order valence-electron chi connectivity index (χ1n) is 10.9. The highest BCUT2D eigenvalue weighted by Gasteiger charge is 2.36. The van der Waals surface area contributed by atoms with E-state index in [0.717, 1.165) is 11.6 Å². The van der Waals surface area contributed by atoms with Gasteiger partial charge < -0.3 is 5.32 Å². The van der Waals surface area contributed by atoms with Crippen molar-refractivity contribution in [3.8, 4) is 5.69 Å². The topological polar surface area (TPSA) is 51.1 Å². The smallest absolute Gasteiger partial charge is 0.345 e. The van der Waals surface area contributed by atoms with Gasteiger partial charge in [0.1, 0.15) is 0 Å². The number of nitrogens with zero attached hydrogens (tertiary/aromatic N) is 1. The molecule has 4 nitrogen and oxygen atoms in total. The third kappa shape index (κ3) is 4.21. The van der Waals surface area contributed by atoms with E-state index in [4.69, 9.17) is 0 Å². The summed E-state index contributed by atoms with van der Waals surface area (Å²) < 4.78 is 43.3. The number of rotatable bonds is 5. The number of benzene rings is 3. The molecule has 0 saturated carbocycles. The van der Waals surface area contributed by atoms with Crippen LogP contribution in [0.4, 0.5) is 13.2 Å². The van der Waals surface area contributed by atoms with Crippen LogP contribution >= 0.6 is 0 Å². The van der Waals surface area contributed by atoms with Gasteiger partial charge in [-0.15, -0.1) is 0 Å². The fourth-order valence-corrected chi connectivity index (χ4v) is 4.30. The maximum atomic E-state index is 14.0. The third-order valence-electron chi connectivity index (χ3n) is 5.91. The average molecular weight is 464 g/mol. The summed E-state index contributed by atoms with van der Waals surface area (Å²) in [7, 11) is 0. The third-order valence-corrected chi connectivity index (χ3v) is 5.91. The van der Waals surface area contributed by atoms with E-state index in [1.807, 2.05) is 37.3 Å². The fourth-order valence-electron chi connectivity index (χ4n) is 4.30. The van der Waals surface area contributed by atoms with Crippen molar-refractivity contribution in [2.75, 3.05) is 0 Å². The van der Waals surface area contributed by atoms with Gasteiger partial charge in [-0.1, -0.05) is 61.5 Å². The van der Waals surface area contributed by atoms with Gasteiger partial charge in [-0.25, -0.2) is 0 Å². The van der Waals surface area contributed by atoms with Crippen molar-refractivity contribution in [3.05, 3.63) is 112 Å². The number of para-hydroxylation sites is 1. The number of carbonyl (C=O) groups is 1. The lowest BCUT2D eigenvalue weighted by atomic mass is 9.96. The van der Waals surface area contributed by atoms with Crippen molar-refractivity contribution in [1.82, 2.24) is 9.88 Å². The van der Waals surface area contributed by atoms with Crippen molar-refractivity contribution >= 4 is 16.7 Å². The standard InChI is InChI=1S/C27H23F3N2O2/c1-3-22(18-11-6-4-7-12-18)31-25(33)23-17(2)32(19-13-8-5-9-14-19)26(34)20-15-10-16-21(24(20)23)27(28,29)30/h4-16,22H,3H2,1-2H3,(H,31,33)/t22-/m0/s1. The Bertz CT molecular complexity index is 1400. The van der Waals surface area contributed by atoms with E-state index in [1.54, 1.807) is 30.3 Å². The second-order valence-corrected chi connectivity index (χ2v) is 8.01. The number of halogens is 3. The molecule has 0 aliphatic carbocycles. The molecule has 0 fully saturated rings. The van der Waals surface area contributed by atoms with Crippen LogP contribution in [-0.2, 0) is 6.18 Å². The van der Waals surface area contributed by atoms with Crippen molar-refractivity contribution < 1.29 is 18.0 Å². The van der Waals surface area contributed by atoms with Gasteiger partial charge in [0.15, 0.2) is 0 Å². The zero-order valence-corrected chi connectivity index (χ0v) is 18.7. The molecule has 1 heterocycles. The molecule has 7 heteroatoms. The summed E-state index contributed by atoms with van der Waals surface area (Å²) >= 11 is 0. The van der Waals surface area contributed by atoms with Crippen LogP contribution in [0, 0.1) is 6.92 Å². The van der Waals surface area contributed by atoms with Gasteiger partial charge in [0.05, 0.1) is 17.2 Å². The Balaban J connectivity index is 2.00. The normalized spacial score (nSPS) is 12.5. The van der Waals surface area contributed by atoms with Crippen LogP contribution in [-0.4, -0.2) is 10.5 Å². The van der Waals surface area contributed by atoms with E-state index in [0.29, 0.717) is 12.1 Å². The number of amides is 1. The Hall–Kier alpha value is -3.87. The van der Waals surface area contributed by atoms with Crippen LogP contribution in [0.5, 0.6) is 0 Å². The molecule has 3 aromatic carbocycles. The molecule has 1 N–H and O–H groups in total. The fraction of sp³-hybridized carbons (Fsp3) is 0.185. The molecule has 0 unspecified atom stereocenters. The SMILES string of the molecule is CC[C@H](NC(=O)c1c(C)n(-c2ccccc2)c(=O)c2cccc(C(F)(F)F)c12)c1ccccc1. The number of alkyl halides is 3. The van der Waals surface area contributed by atoms with Gasteiger partial charge in [0.2, 0.25) is 0 Å². The zero-order chi connectivity index (χ0) is 24.5. The Morgan fingerprint density at radius 1 is 0.941 bits per heavy atom. The van der Waals surface area contributed by atoms with Crippen LogP contribution < -0.4 is 10.9 Å². The Labute approximate surface area is 194 Å². The summed E-state index contributed by atoms with van der Waals surface area (Å²) in [5, 5.41) is 2.34. The van der Waals surface area contributed by atoms with Gasteiger partial charge in [0.25, 0.3) is 11.5 Å². The quantitative estimate of drug-likeness (QED) is 0.382. The van der Waals surface area contributed by atoms with Crippen molar-refractivity contribution in [2.45, 2.75) is 32.5 Å². The number of aromatic nitrogens is 1. The largest absolute Gasteiger partial charge is 0.417 e. The van der Waals surface area contributed by atoms with E-state index in [9.17, 15) is 22.8 Å². The molecule has 1 aromatic heterocycles. The van der Waals surface area contributed by atoms with Crippen molar-refractivity contribution in [1.29, 1.82) is 0 Å². The molecule has 1 amide bonds. The average Bonchev–Trinajstić information content (AvgIpc) is 2.83. The Kier molecular flexibility index (Phi) is 6.28. The predicted octanol–water partition coefficient (Wildman–Crippen LogP) is 6.20. The van der Waals surface area contributed by atoms with Gasteiger partial charge in [-0.3, -0.25) is 14.2 Å². The molecule has 0 saturated heterocycles. The molecule has 4 rings (SSSR count). The molecule has 0 aliphatic rings. The monoisotopic (exact) mass is 464 g/mol. The zero-order valence-electron chi connectivity index (χ0n) is 18.7. The molecular formula is C27H23F3N2O2. The maximum Gasteiger partial charge on any atom is 0.417 e. The van der Waals surface area contributed by atoms with Crippen molar-refractivity contribution in [3.63, 3.8) is 0 Å². The second-order valence-electron chi connectivity index (χ2n) is 8.01. The number of hydrogen-bond acceptors (Lipinski definition) is 2. The van der Waals surface area contributed by atoms with Crippen LogP contribution in [0.3, 0.4) is 0 Å². The predicted molar refractivity (Wildman–Crippen MR) is 126 cm³/mol. The minimum Gasteiger partial charge on any atom is -0.345 e. The molecule has 0 bridgehead atoms.